The summed E-state index contributed by atoms with van der Waals surface area (Å²) in [6, 6.07) is 13.9. The minimum Gasteiger partial charge on any atom is -0.493 e. The van der Waals surface area contributed by atoms with Crippen LogP contribution in [-0.2, 0) is 10.0 Å². The van der Waals surface area contributed by atoms with Crippen molar-refractivity contribution in [2.24, 2.45) is 0 Å². The first-order chi connectivity index (χ1) is 10.6. The first-order valence-corrected chi connectivity index (χ1v) is 8.61. The maximum Gasteiger partial charge on any atom is 0.240 e. The molecule has 1 aliphatic rings. The molecule has 0 radical (unpaired) electrons. The number of nitrogen functional groups attached to an aromatic ring is 1. The molecule has 116 valence electrons. The maximum atomic E-state index is 12.3. The Bertz CT molecular complexity index is 757. The van der Waals surface area contributed by atoms with Crippen LogP contribution >= 0.6 is 0 Å². The molecule has 0 bridgehead atoms. The number of fused-ring (bicyclic) bond motifs is 1. The van der Waals surface area contributed by atoms with Gasteiger partial charge in [0.05, 0.1) is 11.5 Å². The lowest BCUT2D eigenvalue weighted by molar-refractivity contribution is 0.267. The normalized spacial score (nSPS) is 17.5. The molecule has 0 spiro atoms. The Morgan fingerprint density at radius 2 is 1.86 bits per heavy atom. The quantitative estimate of drug-likeness (QED) is 0.846. The number of anilines is 1. The second-order valence-electron chi connectivity index (χ2n) is 5.29. The van der Waals surface area contributed by atoms with Gasteiger partial charge in [-0.25, -0.2) is 13.1 Å². The van der Waals surface area contributed by atoms with E-state index in [9.17, 15) is 8.42 Å². The third-order valence-electron chi connectivity index (χ3n) is 3.79. The van der Waals surface area contributed by atoms with Gasteiger partial charge in [0.15, 0.2) is 0 Å². The first-order valence-electron chi connectivity index (χ1n) is 7.13. The number of sulfonamides is 1. The molecule has 22 heavy (non-hydrogen) atoms. The van der Waals surface area contributed by atoms with Crippen LogP contribution in [0.25, 0.3) is 0 Å². The summed E-state index contributed by atoms with van der Waals surface area (Å²) in [5, 5.41) is 0. The number of hydrogen-bond donors (Lipinski definition) is 2. The molecule has 1 heterocycles. The molecule has 0 saturated heterocycles. The van der Waals surface area contributed by atoms with E-state index in [2.05, 4.69) is 4.72 Å². The van der Waals surface area contributed by atoms with Gasteiger partial charge in [0.1, 0.15) is 5.75 Å². The van der Waals surface area contributed by atoms with E-state index in [0.717, 1.165) is 17.7 Å². The highest BCUT2D eigenvalue weighted by Crippen LogP contribution is 2.33. The molecule has 0 aliphatic carbocycles. The molecule has 1 aliphatic heterocycles. The summed E-state index contributed by atoms with van der Waals surface area (Å²) in [5.74, 6) is 0.957. The van der Waals surface area contributed by atoms with Crippen molar-refractivity contribution in [2.45, 2.75) is 17.2 Å². The summed E-state index contributed by atoms with van der Waals surface area (Å²) >= 11 is 0. The largest absolute Gasteiger partial charge is 0.493 e. The number of nitrogens with one attached hydrogen (secondary N) is 1. The first kappa shape index (κ1) is 14.9. The van der Waals surface area contributed by atoms with Crippen molar-refractivity contribution in [3.05, 3.63) is 54.1 Å². The van der Waals surface area contributed by atoms with Crippen molar-refractivity contribution < 1.29 is 13.2 Å². The van der Waals surface area contributed by atoms with Crippen molar-refractivity contribution in [1.29, 1.82) is 0 Å². The van der Waals surface area contributed by atoms with Crippen LogP contribution in [0.5, 0.6) is 5.75 Å². The number of ether oxygens (including phenoxy) is 1. The summed E-state index contributed by atoms with van der Waals surface area (Å²) in [6.07, 6.45) is 0.793. The van der Waals surface area contributed by atoms with Gasteiger partial charge in [-0.1, -0.05) is 18.2 Å². The molecule has 2 aromatic rings. The number of rotatable bonds is 4. The van der Waals surface area contributed by atoms with Crippen LogP contribution in [0.15, 0.2) is 53.4 Å². The minimum atomic E-state index is -3.53. The van der Waals surface area contributed by atoms with Gasteiger partial charge in [0, 0.05) is 18.2 Å². The SMILES string of the molecule is Nc1ccc(S(=O)(=O)NC[C@H]2CCOc3ccccc32)cc1. The molecule has 0 saturated carbocycles. The molecule has 5 nitrogen and oxygen atoms in total. The van der Waals surface area contributed by atoms with Crippen molar-refractivity contribution in [2.75, 3.05) is 18.9 Å². The minimum absolute atomic E-state index is 0.119. The van der Waals surface area contributed by atoms with Gasteiger partial charge in [-0.05, 0) is 42.3 Å². The third kappa shape index (κ3) is 3.08. The summed E-state index contributed by atoms with van der Waals surface area (Å²) < 4.78 is 32.9. The zero-order chi connectivity index (χ0) is 15.6. The lowest BCUT2D eigenvalue weighted by Gasteiger charge is -2.26. The number of hydrogen-bond acceptors (Lipinski definition) is 4. The molecule has 0 fully saturated rings. The van der Waals surface area contributed by atoms with E-state index in [-0.39, 0.29) is 10.8 Å². The smallest absolute Gasteiger partial charge is 0.240 e. The van der Waals surface area contributed by atoms with Gasteiger partial charge in [-0.3, -0.25) is 0 Å². The van der Waals surface area contributed by atoms with Crippen LogP contribution in [-0.4, -0.2) is 21.6 Å². The van der Waals surface area contributed by atoms with Crippen LogP contribution in [0.4, 0.5) is 5.69 Å². The molecule has 0 aromatic heterocycles. The van der Waals surface area contributed by atoms with Gasteiger partial charge in [-0.2, -0.15) is 0 Å². The average molecular weight is 318 g/mol. The van der Waals surface area contributed by atoms with Gasteiger partial charge in [-0.15, -0.1) is 0 Å². The van der Waals surface area contributed by atoms with Crippen LogP contribution in [0.1, 0.15) is 17.9 Å². The predicted molar refractivity (Wildman–Crippen MR) is 85.3 cm³/mol. The molecule has 0 amide bonds. The lowest BCUT2D eigenvalue weighted by atomic mass is 9.93. The fourth-order valence-electron chi connectivity index (χ4n) is 2.57. The van der Waals surface area contributed by atoms with Crippen molar-refractivity contribution >= 4 is 15.7 Å². The summed E-state index contributed by atoms with van der Waals surface area (Å²) in [4.78, 5) is 0.224. The summed E-state index contributed by atoms with van der Waals surface area (Å²) in [6.45, 7) is 0.957. The zero-order valence-electron chi connectivity index (χ0n) is 12.0. The topological polar surface area (TPSA) is 81.4 Å². The Morgan fingerprint density at radius 1 is 1.14 bits per heavy atom. The van der Waals surface area contributed by atoms with E-state index in [4.69, 9.17) is 10.5 Å². The van der Waals surface area contributed by atoms with E-state index in [1.54, 1.807) is 12.1 Å². The summed E-state index contributed by atoms with van der Waals surface area (Å²) in [7, 11) is -3.53. The fourth-order valence-corrected chi connectivity index (χ4v) is 3.65. The van der Waals surface area contributed by atoms with E-state index >= 15 is 0 Å². The maximum absolute atomic E-state index is 12.3. The highest BCUT2D eigenvalue weighted by Gasteiger charge is 2.23. The second kappa shape index (κ2) is 5.98. The monoisotopic (exact) mass is 318 g/mol. The van der Waals surface area contributed by atoms with E-state index < -0.39 is 10.0 Å². The van der Waals surface area contributed by atoms with Crippen LogP contribution in [0.3, 0.4) is 0 Å². The lowest BCUT2D eigenvalue weighted by Crippen LogP contribution is -2.30. The molecular weight excluding hydrogens is 300 g/mol. The van der Waals surface area contributed by atoms with Gasteiger partial charge < -0.3 is 10.5 Å². The van der Waals surface area contributed by atoms with Gasteiger partial charge in [0.2, 0.25) is 10.0 Å². The van der Waals surface area contributed by atoms with Gasteiger partial charge >= 0.3 is 0 Å². The van der Waals surface area contributed by atoms with E-state index in [1.165, 1.54) is 12.1 Å². The average Bonchev–Trinajstić information content (AvgIpc) is 2.53. The van der Waals surface area contributed by atoms with Crippen molar-refractivity contribution in [3.8, 4) is 5.75 Å². The Hall–Kier alpha value is -2.05. The van der Waals surface area contributed by atoms with Gasteiger partial charge in [0.25, 0.3) is 0 Å². The Kier molecular flexibility index (Phi) is 4.04. The van der Waals surface area contributed by atoms with Crippen LogP contribution in [0.2, 0.25) is 0 Å². The third-order valence-corrected chi connectivity index (χ3v) is 5.23. The second-order valence-corrected chi connectivity index (χ2v) is 7.06. The van der Waals surface area contributed by atoms with Crippen molar-refractivity contribution in [1.82, 2.24) is 4.72 Å². The summed E-state index contributed by atoms with van der Waals surface area (Å²) in [5.41, 5.74) is 7.17. The van der Waals surface area contributed by atoms with E-state index in [0.29, 0.717) is 18.8 Å². The van der Waals surface area contributed by atoms with Crippen LogP contribution in [0, 0.1) is 0 Å². The number of nitrogens with two attached hydrogens (primary N) is 1. The number of para-hydroxylation sites is 1. The molecule has 2 aromatic carbocycles. The highest BCUT2D eigenvalue weighted by atomic mass is 32.2. The Balaban J connectivity index is 1.74. The molecule has 3 rings (SSSR count). The predicted octanol–water partition coefficient (Wildman–Crippen LogP) is 2.11. The Morgan fingerprint density at radius 3 is 2.64 bits per heavy atom. The standard InChI is InChI=1S/C16H18N2O3S/c17-13-5-7-14(8-6-13)22(19,20)18-11-12-9-10-21-16-4-2-1-3-15(12)16/h1-8,12,18H,9-11,17H2/t12-/m1/s1. The zero-order valence-corrected chi connectivity index (χ0v) is 12.8. The fraction of sp³-hybridized carbons (Fsp3) is 0.250. The molecule has 6 heteroatoms. The number of benzene rings is 2. The molecule has 1 atom stereocenters. The Labute approximate surface area is 130 Å². The highest BCUT2D eigenvalue weighted by molar-refractivity contribution is 7.89. The molecular formula is C16H18N2O3S. The van der Waals surface area contributed by atoms with Crippen LogP contribution < -0.4 is 15.2 Å². The van der Waals surface area contributed by atoms with Crippen molar-refractivity contribution in [3.63, 3.8) is 0 Å². The van der Waals surface area contributed by atoms with E-state index in [1.807, 2.05) is 24.3 Å². The molecule has 3 N–H and O–H groups in total. The molecule has 0 unspecified atom stereocenters.